The van der Waals surface area contributed by atoms with Crippen LogP contribution in [0.2, 0.25) is 0 Å². The van der Waals surface area contributed by atoms with Crippen LogP contribution in [0.15, 0.2) is 46.0 Å². The molecule has 0 amide bonds. The summed E-state index contributed by atoms with van der Waals surface area (Å²) < 4.78 is 14.7. The molecule has 0 bridgehead atoms. The molecule has 6 heteroatoms. The molecule has 0 heterocycles. The lowest BCUT2D eigenvalue weighted by atomic mass is 10.1. The van der Waals surface area contributed by atoms with E-state index in [1.165, 1.54) is 0 Å². The average molecular weight is 352 g/mol. The van der Waals surface area contributed by atoms with E-state index in [-0.39, 0.29) is 10.3 Å². The molecule has 0 aliphatic carbocycles. The number of aryl methyl sites for hydroxylation is 1. The number of anilines is 2. The van der Waals surface area contributed by atoms with Crippen LogP contribution in [0.3, 0.4) is 0 Å². The Balaban J connectivity index is 2.51. The number of rotatable bonds is 3. The molecule has 0 aromatic heterocycles. The average Bonchev–Trinajstić information content (AvgIpc) is 2.49. The Morgan fingerprint density at radius 1 is 1.24 bits per heavy atom. The first-order chi connectivity index (χ1) is 9.97. The summed E-state index contributed by atoms with van der Waals surface area (Å²) in [6.45, 7) is 1.96. The molecule has 0 aliphatic heterocycles. The third-order valence-corrected chi connectivity index (χ3v) is 4.06. The lowest BCUT2D eigenvalue weighted by Crippen LogP contribution is -2.17. The van der Waals surface area contributed by atoms with Crippen molar-refractivity contribution in [2.45, 2.75) is 6.92 Å². The number of hydrogen-bond donors (Lipinski definition) is 2. The monoisotopic (exact) mass is 351 g/mol. The van der Waals surface area contributed by atoms with Crippen molar-refractivity contribution in [2.24, 2.45) is 10.9 Å². The van der Waals surface area contributed by atoms with Crippen LogP contribution < -0.4 is 10.6 Å². The predicted molar refractivity (Wildman–Crippen MR) is 85.9 cm³/mol. The van der Waals surface area contributed by atoms with Gasteiger partial charge in [0, 0.05) is 18.3 Å². The number of amidine groups is 1. The number of oxime groups is 1. The van der Waals surface area contributed by atoms with Gasteiger partial charge in [-0.25, -0.2) is 4.39 Å². The molecule has 0 saturated carbocycles. The molecule has 21 heavy (non-hydrogen) atoms. The zero-order chi connectivity index (χ0) is 15.6. The van der Waals surface area contributed by atoms with Gasteiger partial charge in [0.15, 0.2) is 11.7 Å². The van der Waals surface area contributed by atoms with Crippen molar-refractivity contribution in [1.82, 2.24) is 0 Å². The van der Waals surface area contributed by atoms with Gasteiger partial charge in [0.05, 0.1) is 10.2 Å². The molecule has 0 aliphatic rings. The Bertz CT molecular complexity index is 703. The highest BCUT2D eigenvalue weighted by molar-refractivity contribution is 9.10. The normalized spacial score (nSPS) is 11.5. The molecule has 0 spiro atoms. The van der Waals surface area contributed by atoms with Crippen LogP contribution in [0.25, 0.3) is 0 Å². The highest BCUT2D eigenvalue weighted by Crippen LogP contribution is 2.33. The molecule has 2 rings (SSSR count). The molecular formula is C15H15BrFN3O. The zero-order valence-electron chi connectivity index (χ0n) is 11.6. The van der Waals surface area contributed by atoms with Gasteiger partial charge in [0.1, 0.15) is 0 Å². The van der Waals surface area contributed by atoms with E-state index in [0.29, 0.717) is 11.3 Å². The molecule has 3 N–H and O–H groups in total. The summed E-state index contributed by atoms with van der Waals surface area (Å²) >= 11 is 3.16. The largest absolute Gasteiger partial charge is 0.409 e. The maximum Gasteiger partial charge on any atom is 0.171 e. The van der Waals surface area contributed by atoms with Gasteiger partial charge in [-0.3, -0.25) is 0 Å². The van der Waals surface area contributed by atoms with Gasteiger partial charge in [-0.2, -0.15) is 0 Å². The van der Waals surface area contributed by atoms with Crippen LogP contribution in [-0.2, 0) is 0 Å². The van der Waals surface area contributed by atoms with Gasteiger partial charge in [0.25, 0.3) is 0 Å². The lowest BCUT2D eigenvalue weighted by molar-refractivity contribution is 0.318. The Labute approximate surface area is 130 Å². The summed E-state index contributed by atoms with van der Waals surface area (Å²) in [5.41, 5.74) is 8.15. The Morgan fingerprint density at radius 3 is 2.52 bits per heavy atom. The maximum absolute atomic E-state index is 14.5. The Hall–Kier alpha value is -2.08. The van der Waals surface area contributed by atoms with Gasteiger partial charge in [-0.05, 0) is 46.6 Å². The summed E-state index contributed by atoms with van der Waals surface area (Å²) in [7, 11) is 1.79. The lowest BCUT2D eigenvalue weighted by Gasteiger charge is -2.23. The second-order valence-corrected chi connectivity index (χ2v) is 5.38. The summed E-state index contributed by atoms with van der Waals surface area (Å²) in [6.07, 6.45) is 0. The highest BCUT2D eigenvalue weighted by atomic mass is 79.9. The van der Waals surface area contributed by atoms with Gasteiger partial charge >= 0.3 is 0 Å². The SMILES string of the molecule is Cc1ccccc1N(C)c1ccc(/C(N)=N/O)c(Br)c1F. The number of benzene rings is 2. The van der Waals surface area contributed by atoms with Crippen LogP contribution >= 0.6 is 15.9 Å². The summed E-state index contributed by atoms with van der Waals surface area (Å²) in [6, 6.07) is 10.9. The van der Waals surface area contributed by atoms with Crippen LogP contribution in [-0.4, -0.2) is 18.1 Å². The van der Waals surface area contributed by atoms with Crippen LogP contribution in [0.1, 0.15) is 11.1 Å². The van der Waals surface area contributed by atoms with E-state index in [4.69, 9.17) is 10.9 Å². The fraction of sp³-hybridized carbons (Fsp3) is 0.133. The minimum absolute atomic E-state index is 0.147. The van der Waals surface area contributed by atoms with Crippen molar-refractivity contribution in [3.63, 3.8) is 0 Å². The molecule has 4 nitrogen and oxygen atoms in total. The first-order valence-electron chi connectivity index (χ1n) is 6.22. The highest BCUT2D eigenvalue weighted by Gasteiger charge is 2.17. The van der Waals surface area contributed by atoms with Gasteiger partial charge < -0.3 is 15.8 Å². The molecule has 0 unspecified atom stereocenters. The van der Waals surface area contributed by atoms with E-state index >= 15 is 0 Å². The summed E-state index contributed by atoms with van der Waals surface area (Å²) in [5.74, 6) is -0.615. The van der Waals surface area contributed by atoms with Crippen molar-refractivity contribution in [1.29, 1.82) is 0 Å². The van der Waals surface area contributed by atoms with Crippen LogP contribution in [0.4, 0.5) is 15.8 Å². The standard InChI is InChI=1S/C15H15BrFN3O/c1-9-5-3-4-6-11(9)20(2)12-8-7-10(15(18)19-21)13(16)14(12)17/h3-8,21H,1-2H3,(H2,18,19). The molecule has 0 saturated heterocycles. The zero-order valence-corrected chi connectivity index (χ0v) is 13.2. The van der Waals surface area contributed by atoms with E-state index in [0.717, 1.165) is 11.3 Å². The number of halogens is 2. The number of nitrogens with two attached hydrogens (primary N) is 1. The van der Waals surface area contributed by atoms with E-state index in [9.17, 15) is 4.39 Å². The molecule has 0 radical (unpaired) electrons. The molecule has 2 aromatic carbocycles. The number of para-hydroxylation sites is 1. The molecule has 0 atom stereocenters. The fourth-order valence-corrected chi connectivity index (χ4v) is 2.66. The van der Waals surface area contributed by atoms with Crippen molar-refractivity contribution in [3.8, 4) is 0 Å². The smallest absolute Gasteiger partial charge is 0.171 e. The van der Waals surface area contributed by atoms with Crippen molar-refractivity contribution < 1.29 is 9.60 Å². The van der Waals surface area contributed by atoms with Crippen molar-refractivity contribution >= 4 is 33.1 Å². The number of nitrogens with zero attached hydrogens (tertiary/aromatic N) is 2. The first kappa shape index (κ1) is 15.3. The van der Waals surface area contributed by atoms with E-state index in [1.54, 1.807) is 24.1 Å². The second-order valence-electron chi connectivity index (χ2n) is 4.59. The van der Waals surface area contributed by atoms with Crippen LogP contribution in [0.5, 0.6) is 0 Å². The van der Waals surface area contributed by atoms with E-state index in [2.05, 4.69) is 21.1 Å². The van der Waals surface area contributed by atoms with Gasteiger partial charge in [0.2, 0.25) is 0 Å². The summed E-state index contributed by atoms with van der Waals surface area (Å²) in [4.78, 5) is 1.76. The van der Waals surface area contributed by atoms with Crippen LogP contribution in [0, 0.1) is 12.7 Å². The van der Waals surface area contributed by atoms with E-state index < -0.39 is 5.82 Å². The van der Waals surface area contributed by atoms with Crippen molar-refractivity contribution in [2.75, 3.05) is 11.9 Å². The fourth-order valence-electron chi connectivity index (χ4n) is 2.12. The Kier molecular flexibility index (Phi) is 4.47. The second kappa shape index (κ2) is 6.13. The topological polar surface area (TPSA) is 61.8 Å². The quantitative estimate of drug-likeness (QED) is 0.383. The van der Waals surface area contributed by atoms with Crippen molar-refractivity contribution in [3.05, 3.63) is 57.8 Å². The third kappa shape index (κ3) is 2.85. The minimum atomic E-state index is -0.468. The van der Waals surface area contributed by atoms with Gasteiger partial charge in [-0.15, -0.1) is 0 Å². The molecule has 110 valence electrons. The summed E-state index contributed by atoms with van der Waals surface area (Å²) in [5, 5.41) is 11.6. The first-order valence-corrected chi connectivity index (χ1v) is 7.02. The third-order valence-electron chi connectivity index (χ3n) is 3.28. The molecule has 0 fully saturated rings. The Morgan fingerprint density at radius 2 is 1.90 bits per heavy atom. The number of hydrogen-bond acceptors (Lipinski definition) is 3. The predicted octanol–water partition coefficient (Wildman–Crippen LogP) is 3.76. The van der Waals surface area contributed by atoms with Gasteiger partial charge in [-0.1, -0.05) is 23.4 Å². The minimum Gasteiger partial charge on any atom is -0.409 e. The maximum atomic E-state index is 14.5. The molecule has 2 aromatic rings. The molecular weight excluding hydrogens is 337 g/mol. The van der Waals surface area contributed by atoms with E-state index in [1.807, 2.05) is 31.2 Å².